The van der Waals surface area contributed by atoms with Crippen LogP contribution in [0.4, 0.5) is 4.39 Å². The Bertz CT molecular complexity index is 1210. The van der Waals surface area contributed by atoms with E-state index >= 15 is 0 Å². The molecule has 0 bridgehead atoms. The van der Waals surface area contributed by atoms with E-state index in [2.05, 4.69) is 10.2 Å². The lowest BCUT2D eigenvalue weighted by molar-refractivity contribution is -0.144. The van der Waals surface area contributed by atoms with Gasteiger partial charge in [0.15, 0.2) is 0 Å². The van der Waals surface area contributed by atoms with Crippen LogP contribution in [0.5, 0.6) is 0 Å². The predicted octanol–water partition coefficient (Wildman–Crippen LogP) is 4.93. The molecule has 0 aliphatic carbocycles. The predicted molar refractivity (Wildman–Crippen MR) is 107 cm³/mol. The number of hydrogen-bond acceptors (Lipinski definition) is 3. The SMILES string of the molecule is CCOC(=O)C(C)c1c(C)c2cc3[nH]ncc3cc2n1-c1ccc(F)c(C)c1. The van der Waals surface area contributed by atoms with Gasteiger partial charge in [0.25, 0.3) is 0 Å². The Kier molecular flexibility index (Phi) is 4.41. The summed E-state index contributed by atoms with van der Waals surface area (Å²) in [7, 11) is 0. The quantitative estimate of drug-likeness (QED) is 0.512. The van der Waals surface area contributed by atoms with Crippen LogP contribution in [-0.2, 0) is 9.53 Å². The van der Waals surface area contributed by atoms with Gasteiger partial charge in [-0.25, -0.2) is 4.39 Å². The van der Waals surface area contributed by atoms with Crippen molar-refractivity contribution in [3.05, 3.63) is 59.2 Å². The minimum atomic E-state index is -0.464. The van der Waals surface area contributed by atoms with Crippen LogP contribution in [0.2, 0.25) is 0 Å². The van der Waals surface area contributed by atoms with Gasteiger partial charge in [0.1, 0.15) is 5.82 Å². The number of aryl methyl sites for hydroxylation is 2. The minimum absolute atomic E-state index is 0.255. The van der Waals surface area contributed by atoms with E-state index in [0.29, 0.717) is 12.2 Å². The Morgan fingerprint density at radius 1 is 1.29 bits per heavy atom. The van der Waals surface area contributed by atoms with E-state index in [4.69, 9.17) is 4.74 Å². The molecule has 0 fully saturated rings. The number of carbonyl (C=O) groups is 1. The summed E-state index contributed by atoms with van der Waals surface area (Å²) in [5, 5.41) is 9.10. The molecule has 2 aromatic carbocycles. The van der Waals surface area contributed by atoms with Crippen LogP contribution >= 0.6 is 0 Å². The van der Waals surface area contributed by atoms with Crippen LogP contribution in [0.1, 0.15) is 36.6 Å². The third-order valence-corrected chi connectivity index (χ3v) is 5.28. The maximum atomic E-state index is 13.9. The highest BCUT2D eigenvalue weighted by Crippen LogP contribution is 2.36. The van der Waals surface area contributed by atoms with Gasteiger partial charge in [0.2, 0.25) is 0 Å². The van der Waals surface area contributed by atoms with E-state index in [1.807, 2.05) is 30.5 Å². The summed E-state index contributed by atoms with van der Waals surface area (Å²) in [6.07, 6.45) is 1.77. The number of aromatic nitrogens is 3. The van der Waals surface area contributed by atoms with E-state index < -0.39 is 5.92 Å². The van der Waals surface area contributed by atoms with E-state index in [-0.39, 0.29) is 11.8 Å². The zero-order valence-corrected chi connectivity index (χ0v) is 16.3. The second-order valence-electron chi connectivity index (χ2n) is 7.08. The van der Waals surface area contributed by atoms with Gasteiger partial charge in [-0.1, -0.05) is 0 Å². The zero-order chi connectivity index (χ0) is 20.0. The first kappa shape index (κ1) is 18.2. The Hall–Kier alpha value is -3.15. The maximum absolute atomic E-state index is 13.9. The number of fused-ring (bicyclic) bond motifs is 2. The second kappa shape index (κ2) is 6.78. The zero-order valence-electron chi connectivity index (χ0n) is 16.3. The molecular formula is C22H22FN3O2. The molecule has 1 unspecified atom stereocenters. The molecule has 0 saturated carbocycles. The Morgan fingerprint density at radius 2 is 2.07 bits per heavy atom. The lowest BCUT2D eigenvalue weighted by Crippen LogP contribution is -2.17. The summed E-state index contributed by atoms with van der Waals surface area (Å²) in [6.45, 7) is 7.71. The fraction of sp³-hybridized carbons (Fsp3) is 0.273. The van der Waals surface area contributed by atoms with Crippen molar-refractivity contribution in [2.45, 2.75) is 33.6 Å². The largest absolute Gasteiger partial charge is 0.465 e. The van der Waals surface area contributed by atoms with E-state index in [0.717, 1.165) is 38.8 Å². The number of rotatable bonds is 4. The van der Waals surface area contributed by atoms with Crippen LogP contribution in [0.3, 0.4) is 0 Å². The number of ether oxygens (including phenoxy) is 1. The number of halogens is 1. The molecule has 0 aliphatic heterocycles. The molecular weight excluding hydrogens is 357 g/mol. The molecule has 2 aromatic heterocycles. The van der Waals surface area contributed by atoms with Gasteiger partial charge >= 0.3 is 5.97 Å². The Morgan fingerprint density at radius 3 is 2.79 bits per heavy atom. The highest BCUT2D eigenvalue weighted by atomic mass is 19.1. The molecule has 2 heterocycles. The molecule has 5 nitrogen and oxygen atoms in total. The summed E-state index contributed by atoms with van der Waals surface area (Å²) in [6, 6.07) is 9.08. The number of aromatic amines is 1. The highest BCUT2D eigenvalue weighted by Gasteiger charge is 2.26. The lowest BCUT2D eigenvalue weighted by atomic mass is 10.0. The van der Waals surface area contributed by atoms with Crippen LogP contribution in [-0.4, -0.2) is 27.3 Å². The molecule has 0 amide bonds. The van der Waals surface area contributed by atoms with E-state index in [1.165, 1.54) is 6.07 Å². The third kappa shape index (κ3) is 2.76. The number of esters is 1. The van der Waals surface area contributed by atoms with Gasteiger partial charge in [0, 0.05) is 22.2 Å². The van der Waals surface area contributed by atoms with Gasteiger partial charge in [-0.15, -0.1) is 0 Å². The number of hydrogen-bond donors (Lipinski definition) is 1. The van der Waals surface area contributed by atoms with Crippen molar-refractivity contribution in [2.24, 2.45) is 0 Å². The van der Waals surface area contributed by atoms with Crippen molar-refractivity contribution in [1.82, 2.24) is 14.8 Å². The van der Waals surface area contributed by atoms with Gasteiger partial charge in [-0.2, -0.15) is 5.10 Å². The molecule has 0 aliphatic rings. The van der Waals surface area contributed by atoms with Crippen molar-refractivity contribution in [2.75, 3.05) is 6.61 Å². The molecule has 4 rings (SSSR count). The summed E-state index contributed by atoms with van der Waals surface area (Å²) in [4.78, 5) is 12.5. The van der Waals surface area contributed by atoms with Gasteiger partial charge in [-0.05, 0) is 69.2 Å². The van der Waals surface area contributed by atoms with Gasteiger partial charge in [0.05, 0.1) is 29.8 Å². The Balaban J connectivity index is 2.06. The first-order valence-corrected chi connectivity index (χ1v) is 9.33. The summed E-state index contributed by atoms with van der Waals surface area (Å²) >= 11 is 0. The third-order valence-electron chi connectivity index (χ3n) is 5.28. The molecule has 6 heteroatoms. The fourth-order valence-electron chi connectivity index (χ4n) is 3.84. The van der Waals surface area contributed by atoms with Crippen molar-refractivity contribution in [3.8, 4) is 5.69 Å². The van der Waals surface area contributed by atoms with Crippen LogP contribution in [0.25, 0.3) is 27.5 Å². The number of nitrogens with zero attached hydrogens (tertiary/aromatic N) is 2. The summed E-state index contributed by atoms with van der Waals surface area (Å²) < 4.78 is 21.2. The smallest absolute Gasteiger partial charge is 0.314 e. The number of benzene rings is 2. The maximum Gasteiger partial charge on any atom is 0.314 e. The fourth-order valence-corrected chi connectivity index (χ4v) is 3.84. The van der Waals surface area contributed by atoms with Crippen molar-refractivity contribution in [1.29, 1.82) is 0 Å². The minimum Gasteiger partial charge on any atom is -0.465 e. The van der Waals surface area contributed by atoms with E-state index in [9.17, 15) is 9.18 Å². The summed E-state index contributed by atoms with van der Waals surface area (Å²) in [5.41, 5.74) is 5.08. The van der Waals surface area contributed by atoms with Crippen molar-refractivity contribution < 1.29 is 13.9 Å². The summed E-state index contributed by atoms with van der Waals surface area (Å²) in [5.74, 6) is -0.996. The van der Waals surface area contributed by atoms with Gasteiger partial charge < -0.3 is 9.30 Å². The molecule has 144 valence electrons. The van der Waals surface area contributed by atoms with Gasteiger partial charge in [-0.3, -0.25) is 9.89 Å². The monoisotopic (exact) mass is 379 g/mol. The average molecular weight is 379 g/mol. The molecule has 0 radical (unpaired) electrons. The normalized spacial score (nSPS) is 12.6. The van der Waals surface area contributed by atoms with Crippen LogP contribution in [0.15, 0.2) is 36.5 Å². The first-order chi connectivity index (χ1) is 13.4. The van der Waals surface area contributed by atoms with Crippen molar-refractivity contribution in [3.63, 3.8) is 0 Å². The first-order valence-electron chi connectivity index (χ1n) is 9.33. The number of carbonyl (C=O) groups excluding carboxylic acids is 1. The standard InChI is InChI=1S/C22H22FN3O2/c1-5-28-22(27)14(4)21-13(3)17-10-19-15(11-24-25-19)9-20(17)26(21)16-6-7-18(23)12(2)8-16/h6-11,14H,5H2,1-4H3,(H,24,25). The average Bonchev–Trinajstić information content (AvgIpc) is 3.24. The molecule has 4 aromatic rings. The van der Waals surface area contributed by atoms with E-state index in [1.54, 1.807) is 32.2 Å². The van der Waals surface area contributed by atoms with Crippen LogP contribution < -0.4 is 0 Å². The van der Waals surface area contributed by atoms with Crippen LogP contribution in [0, 0.1) is 19.7 Å². The number of nitrogens with one attached hydrogen (secondary N) is 1. The number of H-pyrrole nitrogens is 1. The highest BCUT2D eigenvalue weighted by molar-refractivity contribution is 5.99. The van der Waals surface area contributed by atoms with Crippen molar-refractivity contribution >= 4 is 27.8 Å². The molecule has 0 spiro atoms. The molecule has 28 heavy (non-hydrogen) atoms. The molecule has 1 atom stereocenters. The molecule has 0 saturated heterocycles. The topological polar surface area (TPSA) is 59.9 Å². The second-order valence-corrected chi connectivity index (χ2v) is 7.08. The Labute approximate surface area is 162 Å². The lowest BCUT2D eigenvalue weighted by Gasteiger charge is -2.17. The molecule has 1 N–H and O–H groups in total.